The Bertz CT molecular complexity index is 522. The molecule has 1 N–H and O–H groups in total. The summed E-state index contributed by atoms with van der Waals surface area (Å²) in [4.78, 5) is 10.9. The zero-order valence-corrected chi connectivity index (χ0v) is 9.58. The van der Waals surface area contributed by atoms with E-state index in [2.05, 4.69) is 0 Å². The summed E-state index contributed by atoms with van der Waals surface area (Å²) in [5.74, 6) is -0.0588. The number of carboxylic acids is 1. The minimum absolute atomic E-state index is 0.0334. The van der Waals surface area contributed by atoms with E-state index >= 15 is 0 Å². The van der Waals surface area contributed by atoms with E-state index in [-0.39, 0.29) is 12.4 Å². The first-order chi connectivity index (χ1) is 8.77. The smallest absolute Gasteiger partial charge is 0.339 e. The Hall–Kier alpha value is -2.49. The van der Waals surface area contributed by atoms with Gasteiger partial charge < -0.3 is 14.6 Å². The number of hydrogen-bond donors (Lipinski definition) is 1. The number of carboxylic acid groups (broad SMARTS) is 1. The molecule has 2 aromatic carbocycles. The van der Waals surface area contributed by atoms with Gasteiger partial charge in [-0.2, -0.15) is 0 Å². The lowest BCUT2D eigenvalue weighted by Crippen LogP contribution is -2.08. The largest absolute Gasteiger partial charge is 0.478 e. The molecule has 0 saturated heterocycles. The van der Waals surface area contributed by atoms with Crippen LogP contribution in [0.5, 0.6) is 11.5 Å². The van der Waals surface area contributed by atoms with Gasteiger partial charge in [0, 0.05) is 0 Å². The summed E-state index contributed by atoms with van der Waals surface area (Å²) in [7, 11) is 0. The van der Waals surface area contributed by atoms with Crippen molar-refractivity contribution in [3.05, 3.63) is 60.2 Å². The van der Waals surface area contributed by atoms with Gasteiger partial charge in [-0.15, -0.1) is 0 Å². The fourth-order valence-corrected chi connectivity index (χ4v) is 1.45. The zero-order chi connectivity index (χ0) is 12.8. The van der Waals surface area contributed by atoms with Crippen molar-refractivity contribution < 1.29 is 19.4 Å². The highest BCUT2D eigenvalue weighted by Crippen LogP contribution is 2.18. The lowest BCUT2D eigenvalue weighted by atomic mass is 10.2. The van der Waals surface area contributed by atoms with E-state index in [1.165, 1.54) is 6.07 Å². The second-order valence-corrected chi connectivity index (χ2v) is 3.52. The summed E-state index contributed by atoms with van der Waals surface area (Å²) in [6.45, 7) is -0.0334. The van der Waals surface area contributed by atoms with Gasteiger partial charge in [0.1, 0.15) is 17.1 Å². The minimum atomic E-state index is -1.02. The maximum absolute atomic E-state index is 10.9. The number of benzene rings is 2. The molecular weight excluding hydrogens is 232 g/mol. The van der Waals surface area contributed by atoms with Crippen LogP contribution in [0.15, 0.2) is 54.6 Å². The Kier molecular flexibility index (Phi) is 3.81. The molecule has 0 atom stereocenters. The van der Waals surface area contributed by atoms with Crippen LogP contribution in [0.2, 0.25) is 0 Å². The number of ether oxygens (including phenoxy) is 2. The molecule has 4 heteroatoms. The van der Waals surface area contributed by atoms with Crippen LogP contribution in [0.25, 0.3) is 0 Å². The Morgan fingerprint density at radius 1 is 0.944 bits per heavy atom. The molecule has 18 heavy (non-hydrogen) atoms. The van der Waals surface area contributed by atoms with E-state index in [0.717, 1.165) is 0 Å². The summed E-state index contributed by atoms with van der Waals surface area (Å²) >= 11 is 0. The molecule has 0 aliphatic carbocycles. The summed E-state index contributed by atoms with van der Waals surface area (Å²) < 4.78 is 10.6. The van der Waals surface area contributed by atoms with Crippen LogP contribution in [0.4, 0.5) is 0 Å². The van der Waals surface area contributed by atoms with Gasteiger partial charge in [0.15, 0.2) is 0 Å². The monoisotopic (exact) mass is 244 g/mol. The van der Waals surface area contributed by atoms with Crippen LogP contribution in [0.3, 0.4) is 0 Å². The topological polar surface area (TPSA) is 55.8 Å². The molecule has 2 rings (SSSR count). The first kappa shape index (κ1) is 12.0. The maximum Gasteiger partial charge on any atom is 0.339 e. The summed E-state index contributed by atoms with van der Waals surface area (Å²) in [6, 6.07) is 15.6. The number of hydrogen-bond acceptors (Lipinski definition) is 3. The van der Waals surface area contributed by atoms with Crippen molar-refractivity contribution in [3.63, 3.8) is 0 Å². The molecule has 0 aromatic heterocycles. The molecule has 0 fully saturated rings. The Morgan fingerprint density at radius 2 is 1.61 bits per heavy atom. The van der Waals surface area contributed by atoms with Gasteiger partial charge in [0.2, 0.25) is 6.79 Å². The predicted molar refractivity (Wildman–Crippen MR) is 66.0 cm³/mol. The molecule has 0 spiro atoms. The minimum Gasteiger partial charge on any atom is -0.478 e. The fourth-order valence-electron chi connectivity index (χ4n) is 1.45. The van der Waals surface area contributed by atoms with Crippen molar-refractivity contribution in [1.82, 2.24) is 0 Å². The average molecular weight is 244 g/mol. The van der Waals surface area contributed by atoms with Crippen molar-refractivity contribution in [2.45, 2.75) is 0 Å². The van der Waals surface area contributed by atoms with Crippen LogP contribution < -0.4 is 9.47 Å². The fraction of sp³-hybridized carbons (Fsp3) is 0.0714. The van der Waals surface area contributed by atoms with Gasteiger partial charge in [-0.1, -0.05) is 30.3 Å². The van der Waals surface area contributed by atoms with Gasteiger partial charge in [-0.05, 0) is 24.3 Å². The SMILES string of the molecule is O=C(O)c1ccccc1OCOc1ccccc1. The van der Waals surface area contributed by atoms with Crippen molar-refractivity contribution in [2.24, 2.45) is 0 Å². The summed E-state index contributed by atoms with van der Waals surface area (Å²) in [5.41, 5.74) is 0.120. The number of carbonyl (C=O) groups is 1. The normalized spacial score (nSPS) is 9.78. The van der Waals surface area contributed by atoms with Crippen LogP contribution in [0, 0.1) is 0 Å². The van der Waals surface area contributed by atoms with Crippen LogP contribution in [0.1, 0.15) is 10.4 Å². The Labute approximate surface area is 104 Å². The quantitative estimate of drug-likeness (QED) is 0.822. The van der Waals surface area contributed by atoms with Gasteiger partial charge in [-0.25, -0.2) is 4.79 Å². The second-order valence-electron chi connectivity index (χ2n) is 3.52. The molecule has 0 amide bonds. The first-order valence-corrected chi connectivity index (χ1v) is 5.40. The van der Waals surface area contributed by atoms with Crippen molar-refractivity contribution >= 4 is 5.97 Å². The van der Waals surface area contributed by atoms with Crippen LogP contribution >= 0.6 is 0 Å². The molecule has 4 nitrogen and oxygen atoms in total. The standard InChI is InChI=1S/C14H12O4/c15-14(16)12-8-4-5-9-13(12)18-10-17-11-6-2-1-3-7-11/h1-9H,10H2,(H,15,16). The van der Waals surface area contributed by atoms with Crippen LogP contribution in [-0.2, 0) is 0 Å². The number of para-hydroxylation sites is 2. The van der Waals surface area contributed by atoms with Gasteiger partial charge in [0.05, 0.1) is 0 Å². The molecular formula is C14H12O4. The third-order valence-electron chi connectivity index (χ3n) is 2.30. The van der Waals surface area contributed by atoms with Gasteiger partial charge in [-0.3, -0.25) is 0 Å². The lowest BCUT2D eigenvalue weighted by molar-refractivity contribution is 0.0682. The second kappa shape index (κ2) is 5.72. The highest BCUT2D eigenvalue weighted by Gasteiger charge is 2.09. The Morgan fingerprint density at radius 3 is 2.33 bits per heavy atom. The third kappa shape index (κ3) is 3.01. The predicted octanol–water partition coefficient (Wildman–Crippen LogP) is 2.80. The van der Waals surface area contributed by atoms with Gasteiger partial charge in [0.25, 0.3) is 0 Å². The molecule has 0 unspecified atom stereocenters. The highest BCUT2D eigenvalue weighted by molar-refractivity contribution is 5.90. The Balaban J connectivity index is 1.97. The maximum atomic E-state index is 10.9. The van der Waals surface area contributed by atoms with Crippen molar-refractivity contribution in [1.29, 1.82) is 0 Å². The zero-order valence-electron chi connectivity index (χ0n) is 9.58. The molecule has 0 radical (unpaired) electrons. The molecule has 0 aliphatic rings. The van der Waals surface area contributed by atoms with E-state index in [0.29, 0.717) is 11.5 Å². The van der Waals surface area contributed by atoms with Crippen molar-refractivity contribution in [3.8, 4) is 11.5 Å². The van der Waals surface area contributed by atoms with E-state index < -0.39 is 5.97 Å². The summed E-state index contributed by atoms with van der Waals surface area (Å²) in [5, 5.41) is 8.96. The van der Waals surface area contributed by atoms with E-state index in [1.54, 1.807) is 30.3 Å². The molecule has 0 saturated carbocycles. The first-order valence-electron chi connectivity index (χ1n) is 5.40. The lowest BCUT2D eigenvalue weighted by Gasteiger charge is -2.10. The molecule has 2 aromatic rings. The van der Waals surface area contributed by atoms with Crippen molar-refractivity contribution in [2.75, 3.05) is 6.79 Å². The summed E-state index contributed by atoms with van der Waals surface area (Å²) in [6.07, 6.45) is 0. The van der Waals surface area contributed by atoms with E-state index in [9.17, 15) is 4.79 Å². The number of aromatic carboxylic acids is 1. The molecule has 0 bridgehead atoms. The number of rotatable bonds is 5. The van der Waals surface area contributed by atoms with Crippen LogP contribution in [-0.4, -0.2) is 17.9 Å². The molecule has 0 heterocycles. The third-order valence-corrected chi connectivity index (χ3v) is 2.30. The molecule has 92 valence electrons. The van der Waals surface area contributed by atoms with Gasteiger partial charge >= 0.3 is 5.97 Å². The molecule has 0 aliphatic heterocycles. The van der Waals surface area contributed by atoms with E-state index in [4.69, 9.17) is 14.6 Å². The average Bonchev–Trinajstić information content (AvgIpc) is 2.40. The van der Waals surface area contributed by atoms with E-state index in [1.807, 2.05) is 18.2 Å². The highest BCUT2D eigenvalue weighted by atomic mass is 16.7.